The van der Waals surface area contributed by atoms with Gasteiger partial charge in [0.1, 0.15) is 6.54 Å². The first-order valence-electron chi connectivity index (χ1n) is 8.37. The maximum absolute atomic E-state index is 12.0. The molecule has 2 rings (SSSR count). The monoisotopic (exact) mass is 351 g/mol. The fourth-order valence-corrected chi connectivity index (χ4v) is 2.16. The lowest BCUT2D eigenvalue weighted by molar-refractivity contribution is -0.142. The Morgan fingerprint density at radius 3 is 2.35 bits per heavy atom. The Hall–Kier alpha value is -3.21. The van der Waals surface area contributed by atoms with Gasteiger partial charge in [0.2, 0.25) is 5.91 Å². The zero-order valence-corrected chi connectivity index (χ0v) is 14.6. The summed E-state index contributed by atoms with van der Waals surface area (Å²) in [5.41, 5.74) is 2.50. The number of rotatable bonds is 8. The molecule has 0 saturated heterocycles. The van der Waals surface area contributed by atoms with Crippen LogP contribution in [0.1, 0.15) is 28.4 Å². The Balaban J connectivity index is 1.71. The molecule has 2 aromatic carbocycles. The Bertz CT molecular complexity index is 779. The highest BCUT2D eigenvalue weighted by Gasteiger charge is 2.10. The average molecular weight is 351 g/mol. The predicted octanol–water partition coefficient (Wildman–Crippen LogP) is 2.80. The first-order valence-corrected chi connectivity index (χ1v) is 8.37. The largest absolute Gasteiger partial charge is 0.456 e. The fraction of sp³-hybridized carbons (Fsp3) is 0.190. The number of ketones is 1. The summed E-state index contributed by atoms with van der Waals surface area (Å²) in [5.74, 6) is -1.35. The molecule has 0 spiro atoms. The Kier molecular flexibility index (Phi) is 7.31. The smallest absolute Gasteiger partial charge is 0.325 e. The molecule has 5 nitrogen and oxygen atoms in total. The Morgan fingerprint density at radius 2 is 1.69 bits per heavy atom. The zero-order chi connectivity index (χ0) is 18.8. The summed E-state index contributed by atoms with van der Waals surface area (Å²) in [6.45, 7) is 1.39. The van der Waals surface area contributed by atoms with E-state index in [1.807, 2.05) is 49.4 Å². The van der Waals surface area contributed by atoms with Crippen molar-refractivity contribution in [1.29, 1.82) is 0 Å². The molecule has 0 aliphatic rings. The quantitative estimate of drug-likeness (QED) is 0.451. The molecule has 0 saturated carbocycles. The minimum absolute atomic E-state index is 0.281. The van der Waals surface area contributed by atoms with Crippen molar-refractivity contribution in [3.05, 3.63) is 77.4 Å². The van der Waals surface area contributed by atoms with E-state index in [0.717, 1.165) is 17.5 Å². The maximum Gasteiger partial charge on any atom is 0.325 e. The number of carbonyl (C=O) groups is 3. The van der Waals surface area contributed by atoms with Gasteiger partial charge in [-0.05, 0) is 23.6 Å². The fourth-order valence-electron chi connectivity index (χ4n) is 2.16. The number of carbonyl (C=O) groups excluding carboxylic acids is 3. The van der Waals surface area contributed by atoms with Crippen LogP contribution in [0.15, 0.2) is 60.7 Å². The number of hydrogen-bond acceptors (Lipinski definition) is 4. The van der Waals surface area contributed by atoms with E-state index in [1.165, 1.54) is 6.08 Å². The van der Waals surface area contributed by atoms with E-state index in [9.17, 15) is 14.4 Å². The number of esters is 1. The summed E-state index contributed by atoms with van der Waals surface area (Å²) < 4.78 is 4.90. The van der Waals surface area contributed by atoms with E-state index in [-0.39, 0.29) is 18.9 Å². The molecule has 0 heterocycles. The molecule has 0 aromatic heterocycles. The molecule has 0 bridgehead atoms. The van der Waals surface area contributed by atoms with Crippen LogP contribution in [0.25, 0.3) is 6.08 Å². The first-order chi connectivity index (χ1) is 12.6. The summed E-state index contributed by atoms with van der Waals surface area (Å²) in [6, 6.07) is 16.5. The van der Waals surface area contributed by atoms with Crippen molar-refractivity contribution in [3.8, 4) is 0 Å². The molecule has 0 radical (unpaired) electrons. The summed E-state index contributed by atoms with van der Waals surface area (Å²) in [5, 5.41) is 2.42. The molecule has 26 heavy (non-hydrogen) atoms. The third-order valence-corrected chi connectivity index (χ3v) is 3.68. The normalized spacial score (nSPS) is 10.5. The van der Waals surface area contributed by atoms with Crippen molar-refractivity contribution in [2.45, 2.75) is 13.3 Å². The molecule has 1 N–H and O–H groups in total. The molecule has 134 valence electrons. The number of aryl methyl sites for hydroxylation is 1. The number of amides is 1. The summed E-state index contributed by atoms with van der Waals surface area (Å²) in [7, 11) is 0. The third kappa shape index (κ3) is 6.36. The standard InChI is InChI=1S/C21H21NO4/c1-2-16-8-11-18(12-9-16)19(23)15-26-21(25)14-22-20(24)13-10-17-6-4-3-5-7-17/h3-13H,2,14-15H2,1H3,(H,22,24)/b13-10+. The SMILES string of the molecule is CCc1ccc(C(=O)COC(=O)CNC(=O)/C=C/c2ccccc2)cc1. The van der Waals surface area contributed by atoms with Crippen LogP contribution in [-0.4, -0.2) is 30.8 Å². The van der Waals surface area contributed by atoms with E-state index in [0.29, 0.717) is 5.56 Å². The number of ether oxygens (including phenoxy) is 1. The van der Waals surface area contributed by atoms with E-state index < -0.39 is 11.9 Å². The number of benzene rings is 2. The molecular weight excluding hydrogens is 330 g/mol. The van der Waals surface area contributed by atoms with Gasteiger partial charge in [0, 0.05) is 11.6 Å². The maximum atomic E-state index is 12.0. The molecule has 0 unspecified atom stereocenters. The van der Waals surface area contributed by atoms with Gasteiger partial charge in [-0.3, -0.25) is 14.4 Å². The molecule has 5 heteroatoms. The van der Waals surface area contributed by atoms with Crippen molar-refractivity contribution in [3.63, 3.8) is 0 Å². The van der Waals surface area contributed by atoms with Crippen LogP contribution in [0.2, 0.25) is 0 Å². The minimum Gasteiger partial charge on any atom is -0.456 e. The number of Topliss-reactive ketones (excluding diaryl/α,β-unsaturated/α-hetero) is 1. The van der Waals surface area contributed by atoms with Crippen LogP contribution < -0.4 is 5.32 Å². The van der Waals surface area contributed by atoms with Gasteiger partial charge in [0.05, 0.1) is 0 Å². The van der Waals surface area contributed by atoms with Crippen LogP contribution in [-0.2, 0) is 20.7 Å². The van der Waals surface area contributed by atoms with Crippen LogP contribution in [0.5, 0.6) is 0 Å². The van der Waals surface area contributed by atoms with Crippen molar-refractivity contribution in [2.75, 3.05) is 13.2 Å². The lowest BCUT2D eigenvalue weighted by atomic mass is 10.1. The van der Waals surface area contributed by atoms with Crippen LogP contribution in [0.4, 0.5) is 0 Å². The van der Waals surface area contributed by atoms with Gasteiger partial charge in [-0.25, -0.2) is 0 Å². The van der Waals surface area contributed by atoms with E-state index in [4.69, 9.17) is 4.74 Å². The molecule has 0 aliphatic carbocycles. The van der Waals surface area contributed by atoms with Crippen molar-refractivity contribution in [1.82, 2.24) is 5.32 Å². The van der Waals surface area contributed by atoms with Gasteiger partial charge in [-0.1, -0.05) is 61.5 Å². The predicted molar refractivity (Wildman–Crippen MR) is 99.6 cm³/mol. The van der Waals surface area contributed by atoms with Gasteiger partial charge in [0.25, 0.3) is 0 Å². The molecule has 0 aliphatic heterocycles. The van der Waals surface area contributed by atoms with Crippen LogP contribution >= 0.6 is 0 Å². The van der Waals surface area contributed by atoms with Crippen molar-refractivity contribution < 1.29 is 19.1 Å². The lowest BCUT2D eigenvalue weighted by Crippen LogP contribution is -2.30. The second-order valence-electron chi connectivity index (χ2n) is 5.60. The van der Waals surface area contributed by atoms with E-state index >= 15 is 0 Å². The average Bonchev–Trinajstić information content (AvgIpc) is 2.69. The Labute approximate surface area is 152 Å². The third-order valence-electron chi connectivity index (χ3n) is 3.68. The highest BCUT2D eigenvalue weighted by atomic mass is 16.5. The second-order valence-corrected chi connectivity index (χ2v) is 5.60. The molecule has 0 fully saturated rings. The highest BCUT2D eigenvalue weighted by molar-refractivity contribution is 5.98. The number of hydrogen-bond donors (Lipinski definition) is 1. The highest BCUT2D eigenvalue weighted by Crippen LogP contribution is 2.06. The summed E-state index contributed by atoms with van der Waals surface area (Å²) in [4.78, 5) is 35.3. The first kappa shape index (κ1) is 19.1. The molecular formula is C21H21NO4. The molecule has 2 aromatic rings. The zero-order valence-electron chi connectivity index (χ0n) is 14.6. The topological polar surface area (TPSA) is 72.5 Å². The van der Waals surface area contributed by atoms with Gasteiger partial charge in [-0.2, -0.15) is 0 Å². The Morgan fingerprint density at radius 1 is 1.00 bits per heavy atom. The van der Waals surface area contributed by atoms with Crippen molar-refractivity contribution in [2.24, 2.45) is 0 Å². The van der Waals surface area contributed by atoms with Crippen molar-refractivity contribution >= 4 is 23.7 Å². The lowest BCUT2D eigenvalue weighted by Gasteiger charge is -2.05. The number of nitrogens with one attached hydrogen (secondary N) is 1. The van der Waals surface area contributed by atoms with Crippen LogP contribution in [0.3, 0.4) is 0 Å². The summed E-state index contributed by atoms with van der Waals surface area (Å²) in [6.07, 6.45) is 3.87. The summed E-state index contributed by atoms with van der Waals surface area (Å²) >= 11 is 0. The molecule has 1 amide bonds. The van der Waals surface area contributed by atoms with E-state index in [1.54, 1.807) is 18.2 Å². The van der Waals surface area contributed by atoms with Gasteiger partial charge >= 0.3 is 5.97 Å². The van der Waals surface area contributed by atoms with Gasteiger partial charge < -0.3 is 10.1 Å². The second kappa shape index (κ2) is 9.93. The van der Waals surface area contributed by atoms with E-state index in [2.05, 4.69) is 5.32 Å². The minimum atomic E-state index is -0.662. The van der Waals surface area contributed by atoms with Gasteiger partial charge in [0.15, 0.2) is 12.4 Å². The van der Waals surface area contributed by atoms with Gasteiger partial charge in [-0.15, -0.1) is 0 Å². The molecule has 0 atom stereocenters. The van der Waals surface area contributed by atoms with Crippen LogP contribution in [0, 0.1) is 0 Å².